The lowest BCUT2D eigenvalue weighted by molar-refractivity contribution is 0.128. The molecule has 0 amide bonds. The zero-order valence-electron chi connectivity index (χ0n) is 14.0. The van der Waals surface area contributed by atoms with E-state index >= 15 is 0 Å². The minimum absolute atomic E-state index is 0.317. The highest BCUT2D eigenvalue weighted by Crippen LogP contribution is 2.41. The van der Waals surface area contributed by atoms with Gasteiger partial charge in [0.05, 0.1) is 0 Å². The predicted molar refractivity (Wildman–Crippen MR) is 89.8 cm³/mol. The normalized spacial score (nSPS) is 20.2. The molecule has 0 bridgehead atoms. The van der Waals surface area contributed by atoms with E-state index in [1.165, 1.54) is 36.8 Å². The van der Waals surface area contributed by atoms with Crippen LogP contribution in [0.2, 0.25) is 0 Å². The van der Waals surface area contributed by atoms with E-state index in [4.69, 9.17) is 4.74 Å². The molecule has 1 unspecified atom stereocenters. The predicted octanol–water partition coefficient (Wildman–Crippen LogP) is 4.60. The summed E-state index contributed by atoms with van der Waals surface area (Å²) in [7, 11) is 0. The second kappa shape index (κ2) is 7.95. The van der Waals surface area contributed by atoms with Gasteiger partial charge in [0.1, 0.15) is 0 Å². The first kappa shape index (κ1) is 16.5. The van der Waals surface area contributed by atoms with Crippen molar-refractivity contribution >= 4 is 0 Å². The van der Waals surface area contributed by atoms with E-state index in [-0.39, 0.29) is 0 Å². The summed E-state index contributed by atoms with van der Waals surface area (Å²) in [6.45, 7) is 9.77. The minimum atomic E-state index is 0.317. The number of hydrogen-bond donors (Lipinski definition) is 1. The molecular weight excluding hydrogens is 258 g/mol. The molecular formula is C19H31NO. The number of benzene rings is 1. The molecule has 0 saturated carbocycles. The molecule has 0 saturated heterocycles. The monoisotopic (exact) mass is 289 g/mol. The van der Waals surface area contributed by atoms with Crippen molar-refractivity contribution in [2.24, 2.45) is 0 Å². The Kier molecular flexibility index (Phi) is 6.25. The standard InChI is InChI=1S/C19H31NO/c1-4-5-14-21-15-8-13-20-18-11-12-19(2,3)17-10-7-6-9-16(17)18/h6-7,9-10,18,20H,4-5,8,11-15H2,1-3H3. The maximum Gasteiger partial charge on any atom is 0.0478 e. The van der Waals surface area contributed by atoms with Gasteiger partial charge in [-0.2, -0.15) is 0 Å². The third-order valence-electron chi connectivity index (χ3n) is 4.62. The summed E-state index contributed by atoms with van der Waals surface area (Å²) in [6.07, 6.45) is 5.99. The van der Waals surface area contributed by atoms with E-state index < -0.39 is 0 Å². The van der Waals surface area contributed by atoms with Gasteiger partial charge >= 0.3 is 0 Å². The van der Waals surface area contributed by atoms with Crippen molar-refractivity contribution in [2.75, 3.05) is 19.8 Å². The van der Waals surface area contributed by atoms with Crippen LogP contribution in [0.15, 0.2) is 24.3 Å². The summed E-state index contributed by atoms with van der Waals surface area (Å²) in [5.41, 5.74) is 3.34. The van der Waals surface area contributed by atoms with Gasteiger partial charge in [0, 0.05) is 19.3 Å². The first-order valence-electron chi connectivity index (χ1n) is 8.55. The lowest BCUT2D eigenvalue weighted by atomic mass is 9.71. The van der Waals surface area contributed by atoms with Crippen LogP contribution in [0, 0.1) is 0 Å². The van der Waals surface area contributed by atoms with Gasteiger partial charge in [-0.15, -0.1) is 0 Å². The first-order chi connectivity index (χ1) is 10.1. The average Bonchev–Trinajstić information content (AvgIpc) is 2.49. The third-order valence-corrected chi connectivity index (χ3v) is 4.62. The second-order valence-electron chi connectivity index (χ2n) is 6.84. The number of fused-ring (bicyclic) bond motifs is 1. The van der Waals surface area contributed by atoms with Crippen LogP contribution in [0.5, 0.6) is 0 Å². The molecule has 1 aliphatic carbocycles. The van der Waals surface area contributed by atoms with Crippen molar-refractivity contribution in [1.29, 1.82) is 0 Å². The highest BCUT2D eigenvalue weighted by molar-refractivity contribution is 5.38. The molecule has 1 N–H and O–H groups in total. The molecule has 118 valence electrons. The number of hydrogen-bond acceptors (Lipinski definition) is 2. The zero-order chi connectivity index (χ0) is 15.1. The van der Waals surface area contributed by atoms with Crippen LogP contribution in [0.25, 0.3) is 0 Å². The molecule has 2 nitrogen and oxygen atoms in total. The largest absolute Gasteiger partial charge is 0.381 e. The van der Waals surface area contributed by atoms with E-state index in [0.717, 1.165) is 26.2 Å². The van der Waals surface area contributed by atoms with Gasteiger partial charge in [-0.1, -0.05) is 51.5 Å². The van der Waals surface area contributed by atoms with Gasteiger partial charge < -0.3 is 10.1 Å². The van der Waals surface area contributed by atoms with Crippen molar-refractivity contribution in [2.45, 2.75) is 64.3 Å². The molecule has 0 fully saturated rings. The molecule has 0 heterocycles. The van der Waals surface area contributed by atoms with Gasteiger partial charge in [0.2, 0.25) is 0 Å². The third kappa shape index (κ3) is 4.55. The second-order valence-corrected chi connectivity index (χ2v) is 6.84. The topological polar surface area (TPSA) is 21.3 Å². The maximum atomic E-state index is 5.63. The Morgan fingerprint density at radius 1 is 1.19 bits per heavy atom. The molecule has 1 aromatic rings. The highest BCUT2D eigenvalue weighted by atomic mass is 16.5. The Bertz CT molecular complexity index is 427. The van der Waals surface area contributed by atoms with E-state index in [1.807, 2.05) is 0 Å². The summed E-state index contributed by atoms with van der Waals surface area (Å²) in [5, 5.41) is 3.73. The number of unbranched alkanes of at least 4 members (excludes halogenated alkanes) is 1. The van der Waals surface area contributed by atoms with E-state index in [1.54, 1.807) is 0 Å². The number of ether oxygens (including phenoxy) is 1. The van der Waals surface area contributed by atoms with Crippen LogP contribution < -0.4 is 5.32 Å². The van der Waals surface area contributed by atoms with Crippen molar-refractivity contribution < 1.29 is 4.74 Å². The van der Waals surface area contributed by atoms with Crippen LogP contribution in [0.4, 0.5) is 0 Å². The Hall–Kier alpha value is -0.860. The van der Waals surface area contributed by atoms with Crippen LogP contribution >= 0.6 is 0 Å². The van der Waals surface area contributed by atoms with E-state index in [0.29, 0.717) is 11.5 Å². The van der Waals surface area contributed by atoms with Crippen LogP contribution in [0.3, 0.4) is 0 Å². The fourth-order valence-electron chi connectivity index (χ4n) is 3.22. The van der Waals surface area contributed by atoms with Gasteiger partial charge in [0.25, 0.3) is 0 Å². The Labute approximate surface area is 130 Å². The molecule has 2 heteroatoms. The molecule has 0 radical (unpaired) electrons. The summed E-state index contributed by atoms with van der Waals surface area (Å²) in [5.74, 6) is 0. The van der Waals surface area contributed by atoms with Crippen LogP contribution in [-0.4, -0.2) is 19.8 Å². The van der Waals surface area contributed by atoms with Gasteiger partial charge in [0.15, 0.2) is 0 Å². The quantitative estimate of drug-likeness (QED) is 0.706. The van der Waals surface area contributed by atoms with Crippen molar-refractivity contribution in [3.63, 3.8) is 0 Å². The molecule has 0 spiro atoms. The summed E-state index contributed by atoms with van der Waals surface area (Å²) < 4.78 is 5.63. The van der Waals surface area contributed by atoms with E-state index in [9.17, 15) is 0 Å². The molecule has 1 aromatic carbocycles. The minimum Gasteiger partial charge on any atom is -0.381 e. The van der Waals surface area contributed by atoms with Crippen LogP contribution in [0.1, 0.15) is 70.0 Å². The number of rotatable bonds is 8. The SMILES string of the molecule is CCCCOCCCNC1CCC(C)(C)c2ccccc21. The Morgan fingerprint density at radius 3 is 2.76 bits per heavy atom. The maximum absolute atomic E-state index is 5.63. The summed E-state index contributed by atoms with van der Waals surface area (Å²) >= 11 is 0. The Morgan fingerprint density at radius 2 is 1.95 bits per heavy atom. The lowest BCUT2D eigenvalue weighted by Crippen LogP contribution is -2.33. The van der Waals surface area contributed by atoms with Crippen molar-refractivity contribution in [3.05, 3.63) is 35.4 Å². The molecule has 0 aromatic heterocycles. The molecule has 21 heavy (non-hydrogen) atoms. The smallest absolute Gasteiger partial charge is 0.0478 e. The van der Waals surface area contributed by atoms with Crippen LogP contribution in [-0.2, 0) is 10.2 Å². The summed E-state index contributed by atoms with van der Waals surface area (Å²) in [6, 6.07) is 9.46. The van der Waals surface area contributed by atoms with Crippen molar-refractivity contribution in [1.82, 2.24) is 5.32 Å². The fraction of sp³-hybridized carbons (Fsp3) is 0.684. The lowest BCUT2D eigenvalue weighted by Gasteiger charge is -2.37. The highest BCUT2D eigenvalue weighted by Gasteiger charge is 2.31. The van der Waals surface area contributed by atoms with Gasteiger partial charge in [-0.25, -0.2) is 0 Å². The summed E-state index contributed by atoms with van der Waals surface area (Å²) in [4.78, 5) is 0. The average molecular weight is 289 g/mol. The molecule has 0 aliphatic heterocycles. The van der Waals surface area contributed by atoms with Gasteiger partial charge in [-0.3, -0.25) is 0 Å². The van der Waals surface area contributed by atoms with E-state index in [2.05, 4.69) is 50.4 Å². The molecule has 1 aliphatic rings. The fourth-order valence-corrected chi connectivity index (χ4v) is 3.22. The zero-order valence-corrected chi connectivity index (χ0v) is 14.0. The number of nitrogens with one attached hydrogen (secondary N) is 1. The van der Waals surface area contributed by atoms with Crippen molar-refractivity contribution in [3.8, 4) is 0 Å². The Balaban J connectivity index is 1.80. The molecule has 1 atom stereocenters. The first-order valence-corrected chi connectivity index (χ1v) is 8.55. The van der Waals surface area contributed by atoms with Gasteiger partial charge in [-0.05, 0) is 48.8 Å². The molecule has 2 rings (SSSR count).